The molecule has 24 heavy (non-hydrogen) atoms. The van der Waals surface area contributed by atoms with Crippen LogP contribution in [0.4, 0.5) is 0 Å². The molecule has 0 aliphatic carbocycles. The lowest BCUT2D eigenvalue weighted by Gasteiger charge is -2.08. The second-order valence-corrected chi connectivity index (χ2v) is 5.55. The van der Waals surface area contributed by atoms with Crippen LogP contribution in [0.2, 0.25) is 0 Å². The monoisotopic (exact) mass is 341 g/mol. The zero-order valence-electron chi connectivity index (χ0n) is 12.7. The number of furan rings is 1. The van der Waals surface area contributed by atoms with Crippen LogP contribution in [0.15, 0.2) is 58.5 Å². The minimum atomic E-state index is -0.240. The summed E-state index contributed by atoms with van der Waals surface area (Å²) in [5.41, 5.74) is 0.730. The zero-order chi connectivity index (χ0) is 17.1. The molecular weight excluding hydrogens is 326 g/mol. The van der Waals surface area contributed by atoms with Gasteiger partial charge in [0, 0.05) is 12.1 Å². The largest absolute Gasteiger partial charge is 0.467 e. The van der Waals surface area contributed by atoms with Crippen molar-refractivity contribution >= 4 is 29.0 Å². The molecule has 2 N–H and O–H groups in total. The Morgan fingerprint density at radius 2 is 2.25 bits per heavy atom. The summed E-state index contributed by atoms with van der Waals surface area (Å²) in [6.45, 7) is 4.17. The van der Waals surface area contributed by atoms with Crippen LogP contribution in [0, 0.1) is 4.77 Å². The number of aromatic amines is 1. The third-order valence-electron chi connectivity index (χ3n) is 3.55. The lowest BCUT2D eigenvalue weighted by molar-refractivity contribution is 0.0958. The molecule has 0 radical (unpaired) electrons. The number of hydrogen-bond donors (Lipinski definition) is 2. The summed E-state index contributed by atoms with van der Waals surface area (Å²) < 4.78 is 6.96. The zero-order valence-corrected chi connectivity index (χ0v) is 13.6. The minimum Gasteiger partial charge on any atom is -0.467 e. The van der Waals surface area contributed by atoms with Crippen LogP contribution in [0.5, 0.6) is 0 Å². The van der Waals surface area contributed by atoms with E-state index in [1.165, 1.54) is 4.57 Å². The second kappa shape index (κ2) is 6.67. The Bertz CT molecular complexity index is 1020. The van der Waals surface area contributed by atoms with Crippen LogP contribution in [0.25, 0.3) is 10.9 Å². The Kier molecular flexibility index (Phi) is 4.43. The highest BCUT2D eigenvalue weighted by atomic mass is 32.1. The van der Waals surface area contributed by atoms with Gasteiger partial charge in [-0.05, 0) is 42.5 Å². The SMILES string of the molecule is C=CCNC(=O)c1ccc2c(=O)n(Cc3ccco3)c(=S)[nH]c2c1. The van der Waals surface area contributed by atoms with Gasteiger partial charge in [-0.2, -0.15) is 0 Å². The molecule has 7 heteroatoms. The number of aromatic nitrogens is 2. The van der Waals surface area contributed by atoms with Gasteiger partial charge in [0.25, 0.3) is 11.5 Å². The molecule has 2 heterocycles. The number of amides is 1. The first kappa shape index (κ1) is 15.9. The van der Waals surface area contributed by atoms with E-state index in [0.29, 0.717) is 28.8 Å². The highest BCUT2D eigenvalue weighted by molar-refractivity contribution is 7.71. The van der Waals surface area contributed by atoms with Gasteiger partial charge in [-0.3, -0.25) is 14.2 Å². The van der Waals surface area contributed by atoms with Crippen molar-refractivity contribution in [2.24, 2.45) is 0 Å². The van der Waals surface area contributed by atoms with Crippen molar-refractivity contribution < 1.29 is 9.21 Å². The fourth-order valence-corrected chi connectivity index (χ4v) is 2.62. The molecule has 1 aromatic carbocycles. The predicted octanol–water partition coefficient (Wildman–Crippen LogP) is 2.62. The van der Waals surface area contributed by atoms with Gasteiger partial charge in [0.15, 0.2) is 4.77 Å². The first-order chi connectivity index (χ1) is 11.6. The number of rotatable bonds is 5. The summed E-state index contributed by atoms with van der Waals surface area (Å²) in [5, 5.41) is 3.15. The first-order valence-electron chi connectivity index (χ1n) is 7.28. The molecule has 0 spiro atoms. The van der Waals surface area contributed by atoms with Crippen molar-refractivity contribution in [3.8, 4) is 0 Å². The Hall–Kier alpha value is -2.93. The highest BCUT2D eigenvalue weighted by Crippen LogP contribution is 2.12. The number of H-pyrrole nitrogens is 1. The van der Waals surface area contributed by atoms with Crippen LogP contribution in [-0.2, 0) is 6.54 Å². The lowest BCUT2D eigenvalue weighted by atomic mass is 10.1. The fourth-order valence-electron chi connectivity index (χ4n) is 2.36. The fraction of sp³-hybridized carbons (Fsp3) is 0.118. The predicted molar refractivity (Wildman–Crippen MR) is 93.7 cm³/mol. The second-order valence-electron chi connectivity index (χ2n) is 5.16. The van der Waals surface area contributed by atoms with Crippen LogP contribution >= 0.6 is 12.2 Å². The number of carbonyl (C=O) groups is 1. The van der Waals surface area contributed by atoms with Crippen LogP contribution < -0.4 is 10.9 Å². The van der Waals surface area contributed by atoms with Crippen LogP contribution in [0.3, 0.4) is 0 Å². The van der Waals surface area contributed by atoms with Crippen molar-refractivity contribution in [3.05, 3.63) is 75.7 Å². The maximum absolute atomic E-state index is 12.6. The smallest absolute Gasteiger partial charge is 0.262 e. The summed E-state index contributed by atoms with van der Waals surface area (Å²) in [6.07, 6.45) is 3.14. The van der Waals surface area contributed by atoms with Crippen molar-refractivity contribution in [1.29, 1.82) is 0 Å². The topological polar surface area (TPSA) is 80.0 Å². The van der Waals surface area contributed by atoms with Gasteiger partial charge in [0.2, 0.25) is 0 Å². The van der Waals surface area contributed by atoms with Gasteiger partial charge in [-0.15, -0.1) is 6.58 Å². The van der Waals surface area contributed by atoms with Crippen molar-refractivity contribution in [3.63, 3.8) is 0 Å². The lowest BCUT2D eigenvalue weighted by Crippen LogP contribution is -2.24. The van der Waals surface area contributed by atoms with Crippen molar-refractivity contribution in [1.82, 2.24) is 14.9 Å². The molecule has 0 aliphatic rings. The maximum Gasteiger partial charge on any atom is 0.262 e. The molecule has 0 aliphatic heterocycles. The van der Waals surface area contributed by atoms with E-state index in [4.69, 9.17) is 16.6 Å². The summed E-state index contributed by atoms with van der Waals surface area (Å²) in [7, 11) is 0. The van der Waals surface area contributed by atoms with E-state index in [9.17, 15) is 9.59 Å². The van der Waals surface area contributed by atoms with Gasteiger partial charge in [-0.25, -0.2) is 0 Å². The molecule has 0 bridgehead atoms. The average molecular weight is 341 g/mol. The third-order valence-corrected chi connectivity index (χ3v) is 3.87. The van der Waals surface area contributed by atoms with E-state index in [2.05, 4.69) is 16.9 Å². The van der Waals surface area contributed by atoms with E-state index in [-0.39, 0.29) is 22.8 Å². The highest BCUT2D eigenvalue weighted by Gasteiger charge is 2.11. The number of fused-ring (bicyclic) bond motifs is 1. The van der Waals surface area contributed by atoms with Gasteiger partial charge in [-0.1, -0.05) is 6.08 Å². The average Bonchev–Trinajstić information content (AvgIpc) is 3.09. The molecule has 3 aromatic rings. The Balaban J connectivity index is 2.04. The molecule has 0 saturated heterocycles. The van der Waals surface area contributed by atoms with E-state index < -0.39 is 0 Å². The summed E-state index contributed by atoms with van der Waals surface area (Å²) in [6, 6.07) is 8.36. The molecular formula is C17H15N3O3S. The van der Waals surface area contributed by atoms with E-state index in [1.807, 2.05) is 0 Å². The van der Waals surface area contributed by atoms with E-state index in [0.717, 1.165) is 0 Å². The normalized spacial score (nSPS) is 10.7. The molecule has 3 rings (SSSR count). The molecule has 0 atom stereocenters. The maximum atomic E-state index is 12.6. The number of hydrogen-bond acceptors (Lipinski definition) is 4. The van der Waals surface area contributed by atoms with Gasteiger partial charge in [0.1, 0.15) is 5.76 Å². The van der Waals surface area contributed by atoms with Crippen LogP contribution in [-0.4, -0.2) is 22.0 Å². The Morgan fingerprint density at radius 1 is 1.42 bits per heavy atom. The van der Waals surface area contributed by atoms with Crippen LogP contribution in [0.1, 0.15) is 16.1 Å². The summed E-state index contributed by atoms with van der Waals surface area (Å²) in [4.78, 5) is 27.6. The number of benzene rings is 1. The Morgan fingerprint density at radius 3 is 2.96 bits per heavy atom. The minimum absolute atomic E-state index is 0.233. The van der Waals surface area contributed by atoms with E-state index in [1.54, 1.807) is 42.7 Å². The number of nitrogens with one attached hydrogen (secondary N) is 2. The molecule has 6 nitrogen and oxygen atoms in total. The molecule has 0 unspecified atom stereocenters. The van der Waals surface area contributed by atoms with Gasteiger partial charge in [0.05, 0.1) is 23.7 Å². The Labute approximate surface area is 142 Å². The summed E-state index contributed by atoms with van der Waals surface area (Å²) in [5.74, 6) is 0.396. The summed E-state index contributed by atoms with van der Waals surface area (Å²) >= 11 is 5.27. The van der Waals surface area contributed by atoms with Gasteiger partial charge >= 0.3 is 0 Å². The first-order valence-corrected chi connectivity index (χ1v) is 7.69. The van der Waals surface area contributed by atoms with Crippen molar-refractivity contribution in [2.45, 2.75) is 6.54 Å². The number of carbonyl (C=O) groups excluding carboxylic acids is 1. The number of nitrogens with zero attached hydrogens (tertiary/aromatic N) is 1. The standard InChI is InChI=1S/C17H15N3O3S/c1-2-7-18-15(21)11-5-6-13-14(9-11)19-17(24)20(16(13)22)10-12-4-3-8-23-12/h2-6,8-9H,1,7,10H2,(H,18,21)(H,19,24). The van der Waals surface area contributed by atoms with Crippen molar-refractivity contribution in [2.75, 3.05) is 6.54 Å². The molecule has 1 amide bonds. The molecule has 0 saturated carbocycles. The quantitative estimate of drug-likeness (QED) is 0.552. The molecule has 122 valence electrons. The van der Waals surface area contributed by atoms with Gasteiger partial charge < -0.3 is 14.7 Å². The molecule has 0 fully saturated rings. The van der Waals surface area contributed by atoms with E-state index >= 15 is 0 Å². The molecule has 2 aromatic heterocycles. The third kappa shape index (κ3) is 3.07.